The van der Waals surface area contributed by atoms with Crippen molar-refractivity contribution in [3.63, 3.8) is 0 Å². The van der Waals surface area contributed by atoms with Crippen LogP contribution in [0.2, 0.25) is 0 Å². The van der Waals surface area contributed by atoms with E-state index >= 15 is 0 Å². The molecule has 0 amide bonds. The van der Waals surface area contributed by atoms with Crippen LogP contribution in [0.15, 0.2) is 6.20 Å². The number of nitrogens with two attached hydrogens (primary N) is 1. The molecule has 1 heterocycles. The summed E-state index contributed by atoms with van der Waals surface area (Å²) in [6.45, 7) is -0.569. The molecule has 1 aromatic rings. The lowest BCUT2D eigenvalue weighted by Gasteiger charge is -2.16. The number of halogens is 5. The number of rotatable bonds is 3. The maximum absolute atomic E-state index is 12.5. The average molecular weight is 256 g/mol. The van der Waals surface area contributed by atoms with Gasteiger partial charge in [0.25, 0.3) is 6.43 Å². The van der Waals surface area contributed by atoms with Crippen molar-refractivity contribution in [2.45, 2.75) is 19.1 Å². The molecule has 0 radical (unpaired) electrons. The highest BCUT2D eigenvalue weighted by molar-refractivity contribution is 5.44. The van der Waals surface area contributed by atoms with Crippen molar-refractivity contribution < 1.29 is 26.7 Å². The molecule has 0 aliphatic heterocycles. The molecule has 0 spiro atoms. The third-order valence-corrected chi connectivity index (χ3v) is 2.08. The lowest BCUT2D eigenvalue weighted by molar-refractivity contribution is -0.138. The number of nitrogens with zero attached hydrogens (tertiary/aromatic N) is 1. The largest absolute Gasteiger partial charge is 0.494 e. The molecular formula is C9H9F5N2O. The Bertz CT molecular complexity index is 405. The molecule has 0 aliphatic rings. The van der Waals surface area contributed by atoms with E-state index in [1.807, 2.05) is 0 Å². The summed E-state index contributed by atoms with van der Waals surface area (Å²) < 4.78 is 67.2. The molecule has 2 N–H and O–H groups in total. The number of ether oxygens (including phenoxy) is 1. The summed E-state index contributed by atoms with van der Waals surface area (Å²) in [5.74, 6) is -0.614. The minimum atomic E-state index is -4.71. The van der Waals surface area contributed by atoms with E-state index < -0.39 is 41.7 Å². The monoisotopic (exact) mass is 256 g/mol. The molecule has 96 valence electrons. The van der Waals surface area contributed by atoms with Crippen LogP contribution in [-0.2, 0) is 12.7 Å². The van der Waals surface area contributed by atoms with Crippen molar-refractivity contribution in [2.75, 3.05) is 7.11 Å². The number of aromatic nitrogens is 1. The topological polar surface area (TPSA) is 48.1 Å². The van der Waals surface area contributed by atoms with Gasteiger partial charge < -0.3 is 10.5 Å². The maximum atomic E-state index is 12.5. The van der Waals surface area contributed by atoms with E-state index in [0.29, 0.717) is 6.20 Å². The standard InChI is InChI=1S/C9H9F5N2O/c1-17-7-4(2-15)5(9(12,13)14)3-16-6(7)8(10)11/h3,8H,2,15H2,1H3. The van der Waals surface area contributed by atoms with Crippen LogP contribution >= 0.6 is 0 Å². The number of hydrogen-bond donors (Lipinski definition) is 1. The van der Waals surface area contributed by atoms with Gasteiger partial charge in [0.1, 0.15) is 5.69 Å². The average Bonchev–Trinajstić information content (AvgIpc) is 2.25. The van der Waals surface area contributed by atoms with E-state index in [2.05, 4.69) is 9.72 Å². The van der Waals surface area contributed by atoms with Crippen LogP contribution in [0, 0.1) is 0 Å². The lowest BCUT2D eigenvalue weighted by atomic mass is 10.1. The van der Waals surface area contributed by atoms with Crippen LogP contribution in [0.3, 0.4) is 0 Å². The Morgan fingerprint density at radius 2 is 2.00 bits per heavy atom. The molecule has 0 bridgehead atoms. The molecule has 0 unspecified atom stereocenters. The fourth-order valence-corrected chi connectivity index (χ4v) is 1.38. The first kappa shape index (κ1) is 13.6. The predicted molar refractivity (Wildman–Crippen MR) is 48.6 cm³/mol. The summed E-state index contributed by atoms with van der Waals surface area (Å²) in [6.07, 6.45) is -7.40. The molecule has 0 aromatic carbocycles. The summed E-state index contributed by atoms with van der Waals surface area (Å²) >= 11 is 0. The normalized spacial score (nSPS) is 12.0. The Morgan fingerprint density at radius 3 is 2.35 bits per heavy atom. The Balaban J connectivity index is 3.49. The SMILES string of the molecule is COc1c(C(F)F)ncc(C(F)(F)F)c1CN. The van der Waals surface area contributed by atoms with Gasteiger partial charge in [-0.05, 0) is 0 Å². The van der Waals surface area contributed by atoms with Gasteiger partial charge in [0.05, 0.1) is 12.7 Å². The molecule has 3 nitrogen and oxygen atoms in total. The first-order chi connectivity index (χ1) is 7.82. The van der Waals surface area contributed by atoms with Crippen LogP contribution in [-0.4, -0.2) is 12.1 Å². The van der Waals surface area contributed by atoms with Crippen molar-refractivity contribution in [1.82, 2.24) is 4.98 Å². The fraction of sp³-hybridized carbons (Fsp3) is 0.444. The third-order valence-electron chi connectivity index (χ3n) is 2.08. The van der Waals surface area contributed by atoms with E-state index in [0.717, 1.165) is 7.11 Å². The quantitative estimate of drug-likeness (QED) is 0.845. The smallest absolute Gasteiger partial charge is 0.418 e. The zero-order chi connectivity index (χ0) is 13.2. The first-order valence-corrected chi connectivity index (χ1v) is 4.44. The summed E-state index contributed by atoms with van der Waals surface area (Å²) in [5.41, 5.74) is 2.61. The first-order valence-electron chi connectivity index (χ1n) is 4.44. The number of alkyl halides is 5. The molecular weight excluding hydrogens is 247 g/mol. The Morgan fingerprint density at radius 1 is 1.41 bits per heavy atom. The van der Waals surface area contributed by atoms with Crippen LogP contribution in [0.4, 0.5) is 22.0 Å². The molecule has 0 atom stereocenters. The predicted octanol–water partition coefficient (Wildman–Crippen LogP) is 2.51. The van der Waals surface area contributed by atoms with Crippen LogP contribution in [0.5, 0.6) is 5.75 Å². The van der Waals surface area contributed by atoms with Gasteiger partial charge in [-0.15, -0.1) is 0 Å². The molecule has 0 saturated carbocycles. The van der Waals surface area contributed by atoms with E-state index in [1.54, 1.807) is 0 Å². The highest BCUT2D eigenvalue weighted by Crippen LogP contribution is 2.38. The van der Waals surface area contributed by atoms with Gasteiger partial charge >= 0.3 is 6.18 Å². The van der Waals surface area contributed by atoms with Crippen LogP contribution < -0.4 is 10.5 Å². The molecule has 0 saturated heterocycles. The van der Waals surface area contributed by atoms with E-state index in [9.17, 15) is 22.0 Å². The van der Waals surface area contributed by atoms with Gasteiger partial charge in [-0.25, -0.2) is 8.78 Å². The summed E-state index contributed by atoms with van der Waals surface area (Å²) in [6, 6.07) is 0. The summed E-state index contributed by atoms with van der Waals surface area (Å²) in [4.78, 5) is 3.07. The Kier molecular flexibility index (Phi) is 3.87. The number of hydrogen-bond acceptors (Lipinski definition) is 3. The van der Waals surface area contributed by atoms with E-state index in [1.165, 1.54) is 0 Å². The fourth-order valence-electron chi connectivity index (χ4n) is 1.38. The minimum absolute atomic E-state index is 0.339. The highest BCUT2D eigenvalue weighted by Gasteiger charge is 2.36. The number of methoxy groups -OCH3 is 1. The molecule has 1 rings (SSSR count). The van der Waals surface area contributed by atoms with Crippen molar-refractivity contribution in [1.29, 1.82) is 0 Å². The number of pyridine rings is 1. The van der Waals surface area contributed by atoms with Crippen LogP contribution in [0.25, 0.3) is 0 Å². The zero-order valence-electron chi connectivity index (χ0n) is 8.68. The van der Waals surface area contributed by atoms with Gasteiger partial charge in [-0.2, -0.15) is 13.2 Å². The van der Waals surface area contributed by atoms with Crippen molar-refractivity contribution in [2.24, 2.45) is 5.73 Å². The van der Waals surface area contributed by atoms with Gasteiger partial charge in [-0.3, -0.25) is 4.98 Å². The van der Waals surface area contributed by atoms with Gasteiger partial charge in [0.15, 0.2) is 5.75 Å². The Labute approximate surface area is 93.4 Å². The van der Waals surface area contributed by atoms with Gasteiger partial charge in [0.2, 0.25) is 0 Å². The van der Waals surface area contributed by atoms with Crippen molar-refractivity contribution in [3.8, 4) is 5.75 Å². The Hall–Kier alpha value is -1.44. The summed E-state index contributed by atoms with van der Waals surface area (Å²) in [5, 5.41) is 0. The summed E-state index contributed by atoms with van der Waals surface area (Å²) in [7, 11) is 0.988. The third kappa shape index (κ3) is 2.63. The molecule has 0 aliphatic carbocycles. The maximum Gasteiger partial charge on any atom is 0.418 e. The molecule has 8 heteroatoms. The second-order valence-electron chi connectivity index (χ2n) is 3.07. The van der Waals surface area contributed by atoms with Crippen molar-refractivity contribution in [3.05, 3.63) is 23.0 Å². The van der Waals surface area contributed by atoms with Crippen LogP contribution in [0.1, 0.15) is 23.2 Å². The highest BCUT2D eigenvalue weighted by atomic mass is 19.4. The van der Waals surface area contributed by atoms with E-state index in [4.69, 9.17) is 5.73 Å². The second-order valence-corrected chi connectivity index (χ2v) is 3.07. The van der Waals surface area contributed by atoms with Gasteiger partial charge in [0, 0.05) is 18.3 Å². The molecule has 1 aromatic heterocycles. The lowest BCUT2D eigenvalue weighted by Crippen LogP contribution is -2.15. The van der Waals surface area contributed by atoms with Gasteiger partial charge in [-0.1, -0.05) is 0 Å². The minimum Gasteiger partial charge on any atom is -0.494 e. The second kappa shape index (κ2) is 4.82. The van der Waals surface area contributed by atoms with E-state index in [-0.39, 0.29) is 0 Å². The molecule has 17 heavy (non-hydrogen) atoms. The molecule has 0 fully saturated rings. The zero-order valence-corrected chi connectivity index (χ0v) is 8.68. The van der Waals surface area contributed by atoms with Crippen molar-refractivity contribution >= 4 is 0 Å².